The van der Waals surface area contributed by atoms with Crippen molar-refractivity contribution < 1.29 is 28.5 Å². The number of esters is 1. The summed E-state index contributed by atoms with van der Waals surface area (Å²) in [5.41, 5.74) is 1.58. The summed E-state index contributed by atoms with van der Waals surface area (Å²) in [6, 6.07) is 12.5. The van der Waals surface area contributed by atoms with Crippen molar-refractivity contribution in [1.29, 1.82) is 0 Å². The van der Waals surface area contributed by atoms with Gasteiger partial charge in [0.2, 0.25) is 0 Å². The molecule has 0 radical (unpaired) electrons. The largest absolute Gasteiger partial charge is 0.493 e. The Kier molecular flexibility index (Phi) is 7.49. The maximum atomic E-state index is 11.9. The fraction of sp³-hybridized carbons (Fsp3) is 0.300. The van der Waals surface area contributed by atoms with Crippen molar-refractivity contribution in [1.82, 2.24) is 0 Å². The van der Waals surface area contributed by atoms with E-state index < -0.39 is 11.9 Å². The molecular formula is C20H23NO6. The van der Waals surface area contributed by atoms with Gasteiger partial charge < -0.3 is 24.3 Å². The molecule has 7 nitrogen and oxygen atoms in total. The highest BCUT2D eigenvalue weighted by Crippen LogP contribution is 2.29. The van der Waals surface area contributed by atoms with Gasteiger partial charge in [-0.1, -0.05) is 12.1 Å². The third-order valence-electron chi connectivity index (χ3n) is 3.60. The van der Waals surface area contributed by atoms with Crippen molar-refractivity contribution in [3.05, 3.63) is 48.0 Å². The van der Waals surface area contributed by atoms with Crippen molar-refractivity contribution in [2.75, 3.05) is 32.8 Å². The van der Waals surface area contributed by atoms with Gasteiger partial charge in [-0.25, -0.2) is 0 Å². The predicted molar refractivity (Wildman–Crippen MR) is 100 cm³/mol. The Labute approximate surface area is 158 Å². The number of anilines is 1. The van der Waals surface area contributed by atoms with Gasteiger partial charge in [-0.15, -0.1) is 0 Å². The summed E-state index contributed by atoms with van der Waals surface area (Å²) in [5.74, 6) is 0.769. The van der Waals surface area contributed by atoms with Crippen LogP contribution in [0.5, 0.6) is 17.2 Å². The van der Waals surface area contributed by atoms with Crippen LogP contribution in [0.15, 0.2) is 42.5 Å². The van der Waals surface area contributed by atoms with Crippen molar-refractivity contribution in [2.24, 2.45) is 0 Å². The van der Waals surface area contributed by atoms with Gasteiger partial charge in [-0.2, -0.15) is 0 Å². The number of amides is 1. The zero-order chi connectivity index (χ0) is 19.6. The lowest BCUT2D eigenvalue weighted by Gasteiger charge is -2.11. The first-order chi connectivity index (χ1) is 13.0. The number of hydrogen-bond donors (Lipinski definition) is 1. The monoisotopic (exact) mass is 373 g/mol. The van der Waals surface area contributed by atoms with Crippen LogP contribution in [0.1, 0.15) is 12.0 Å². The highest BCUT2D eigenvalue weighted by atomic mass is 16.5. The van der Waals surface area contributed by atoms with Gasteiger partial charge in [0, 0.05) is 11.8 Å². The Morgan fingerprint density at radius 2 is 1.78 bits per heavy atom. The summed E-state index contributed by atoms with van der Waals surface area (Å²) in [7, 11) is 3.03. The second kappa shape index (κ2) is 10.1. The van der Waals surface area contributed by atoms with E-state index in [1.54, 1.807) is 18.2 Å². The average Bonchev–Trinajstić information content (AvgIpc) is 2.66. The first-order valence-electron chi connectivity index (χ1n) is 8.39. The lowest BCUT2D eigenvalue weighted by molar-refractivity contribution is -0.147. The number of aryl methyl sites for hydroxylation is 1. The lowest BCUT2D eigenvalue weighted by Crippen LogP contribution is -2.21. The maximum Gasteiger partial charge on any atom is 0.309 e. The van der Waals surface area contributed by atoms with Crippen LogP contribution in [0.2, 0.25) is 0 Å². The highest BCUT2D eigenvalue weighted by molar-refractivity contribution is 5.93. The van der Waals surface area contributed by atoms with Crippen molar-refractivity contribution in [3.63, 3.8) is 0 Å². The number of benzene rings is 2. The molecule has 144 valence electrons. The minimum Gasteiger partial charge on any atom is -0.493 e. The minimum atomic E-state index is -0.509. The summed E-state index contributed by atoms with van der Waals surface area (Å²) < 4.78 is 20.7. The van der Waals surface area contributed by atoms with Crippen molar-refractivity contribution in [2.45, 2.75) is 13.3 Å². The first-order valence-corrected chi connectivity index (χ1v) is 8.39. The molecule has 27 heavy (non-hydrogen) atoms. The third-order valence-corrected chi connectivity index (χ3v) is 3.60. The van der Waals surface area contributed by atoms with E-state index in [-0.39, 0.29) is 19.6 Å². The van der Waals surface area contributed by atoms with Gasteiger partial charge in [0.05, 0.1) is 27.2 Å². The maximum absolute atomic E-state index is 11.9. The summed E-state index contributed by atoms with van der Waals surface area (Å²) >= 11 is 0. The van der Waals surface area contributed by atoms with E-state index in [1.807, 2.05) is 31.2 Å². The number of carbonyl (C=O) groups is 2. The van der Waals surface area contributed by atoms with E-state index in [4.69, 9.17) is 18.9 Å². The predicted octanol–water partition coefficient (Wildman–Crippen LogP) is 2.96. The second-order valence-corrected chi connectivity index (χ2v) is 5.69. The number of methoxy groups -OCH3 is 2. The van der Waals surface area contributed by atoms with E-state index in [9.17, 15) is 9.59 Å². The van der Waals surface area contributed by atoms with Crippen LogP contribution in [-0.2, 0) is 14.3 Å². The number of carbonyl (C=O) groups excluding carboxylic acids is 2. The smallest absolute Gasteiger partial charge is 0.309 e. The van der Waals surface area contributed by atoms with E-state index in [2.05, 4.69) is 5.32 Å². The molecule has 0 bridgehead atoms. The molecule has 0 saturated heterocycles. The molecule has 1 amide bonds. The molecule has 0 aliphatic carbocycles. The molecular weight excluding hydrogens is 350 g/mol. The van der Waals surface area contributed by atoms with Crippen LogP contribution in [0.3, 0.4) is 0 Å². The number of nitrogens with one attached hydrogen (secondary N) is 1. The summed E-state index contributed by atoms with van der Waals surface area (Å²) in [6.07, 6.45) is 0.0532. The molecule has 0 aliphatic rings. The third kappa shape index (κ3) is 6.54. The summed E-state index contributed by atoms with van der Waals surface area (Å²) in [5, 5.41) is 2.63. The standard InChI is InChI=1S/C20H23NO6/c1-14-5-4-6-16(11-14)26-10-9-20(23)27-13-19(22)21-15-7-8-17(24-2)18(12-15)25-3/h4-8,11-12H,9-10,13H2,1-3H3,(H,21,22). The Hall–Kier alpha value is -3.22. The molecule has 2 aromatic carbocycles. The molecule has 7 heteroatoms. The molecule has 0 atom stereocenters. The molecule has 0 heterocycles. The molecule has 0 unspecified atom stereocenters. The molecule has 0 spiro atoms. The van der Waals surface area contributed by atoms with Crippen LogP contribution in [0.4, 0.5) is 5.69 Å². The van der Waals surface area contributed by atoms with E-state index in [0.29, 0.717) is 22.9 Å². The van der Waals surface area contributed by atoms with Crippen molar-refractivity contribution in [3.8, 4) is 17.2 Å². The fourth-order valence-electron chi connectivity index (χ4n) is 2.29. The number of ether oxygens (including phenoxy) is 4. The van der Waals surface area contributed by atoms with Crippen molar-refractivity contribution >= 4 is 17.6 Å². The van der Waals surface area contributed by atoms with Crippen LogP contribution in [0, 0.1) is 6.92 Å². The van der Waals surface area contributed by atoms with E-state index >= 15 is 0 Å². The molecule has 2 aromatic rings. The van der Waals surface area contributed by atoms with E-state index in [1.165, 1.54) is 14.2 Å². The Morgan fingerprint density at radius 3 is 2.48 bits per heavy atom. The molecule has 0 saturated carbocycles. The molecule has 2 rings (SSSR count). The van der Waals surface area contributed by atoms with E-state index in [0.717, 1.165) is 5.56 Å². The van der Waals surface area contributed by atoms with Crippen LogP contribution < -0.4 is 19.5 Å². The summed E-state index contributed by atoms with van der Waals surface area (Å²) in [4.78, 5) is 23.6. The quantitative estimate of drug-likeness (QED) is 0.681. The van der Waals surface area contributed by atoms with Gasteiger partial charge in [0.15, 0.2) is 18.1 Å². The van der Waals surface area contributed by atoms with Gasteiger partial charge in [0.25, 0.3) is 5.91 Å². The first kappa shape index (κ1) is 20.1. The van der Waals surface area contributed by atoms with Crippen LogP contribution in [0.25, 0.3) is 0 Å². The topological polar surface area (TPSA) is 83.1 Å². The second-order valence-electron chi connectivity index (χ2n) is 5.69. The number of rotatable bonds is 9. The molecule has 0 aromatic heterocycles. The summed E-state index contributed by atoms with van der Waals surface area (Å²) in [6.45, 7) is 1.76. The zero-order valence-corrected chi connectivity index (χ0v) is 15.6. The van der Waals surface area contributed by atoms with Crippen LogP contribution in [-0.4, -0.2) is 39.3 Å². The van der Waals surface area contributed by atoms with Gasteiger partial charge in [-0.05, 0) is 36.8 Å². The molecule has 1 N–H and O–H groups in total. The van der Waals surface area contributed by atoms with Gasteiger partial charge >= 0.3 is 5.97 Å². The van der Waals surface area contributed by atoms with Gasteiger partial charge in [0.1, 0.15) is 5.75 Å². The Bertz CT molecular complexity index is 790. The zero-order valence-electron chi connectivity index (χ0n) is 15.6. The lowest BCUT2D eigenvalue weighted by atomic mass is 10.2. The molecule has 0 fully saturated rings. The highest BCUT2D eigenvalue weighted by Gasteiger charge is 2.10. The number of hydrogen-bond acceptors (Lipinski definition) is 6. The average molecular weight is 373 g/mol. The SMILES string of the molecule is COc1ccc(NC(=O)COC(=O)CCOc2cccc(C)c2)cc1OC. The van der Waals surface area contributed by atoms with Gasteiger partial charge in [-0.3, -0.25) is 9.59 Å². The van der Waals surface area contributed by atoms with Crippen LogP contribution >= 0.6 is 0 Å². The minimum absolute atomic E-state index is 0.0532. The molecule has 0 aliphatic heterocycles. The Balaban J connectivity index is 1.72. The fourth-order valence-corrected chi connectivity index (χ4v) is 2.29. The Morgan fingerprint density at radius 1 is 1.00 bits per heavy atom. The normalized spacial score (nSPS) is 10.0.